The molecule has 1 saturated carbocycles. The lowest BCUT2D eigenvalue weighted by atomic mass is 9.77. The van der Waals surface area contributed by atoms with Gasteiger partial charge in [-0.2, -0.15) is 10.2 Å². The number of hydrogen-bond acceptors (Lipinski definition) is 6. The summed E-state index contributed by atoms with van der Waals surface area (Å²) in [6, 6.07) is 14.9. The van der Waals surface area contributed by atoms with Crippen LogP contribution in [0, 0.1) is 5.92 Å². The highest BCUT2D eigenvalue weighted by atomic mass is 16.6. The van der Waals surface area contributed by atoms with Gasteiger partial charge in [0.05, 0.1) is 11.9 Å². The van der Waals surface area contributed by atoms with Gasteiger partial charge in [-0.3, -0.25) is 4.79 Å². The molecule has 3 aliphatic rings. The van der Waals surface area contributed by atoms with Crippen molar-refractivity contribution in [2.75, 3.05) is 13.2 Å². The molecule has 1 aromatic heterocycles. The topological polar surface area (TPSA) is 98.1 Å². The summed E-state index contributed by atoms with van der Waals surface area (Å²) in [6.45, 7) is 3.17. The Morgan fingerprint density at radius 1 is 1.06 bits per heavy atom. The van der Waals surface area contributed by atoms with E-state index in [9.17, 15) is 9.59 Å². The van der Waals surface area contributed by atoms with Gasteiger partial charge in [0, 0.05) is 17.3 Å². The van der Waals surface area contributed by atoms with Crippen molar-refractivity contribution in [1.29, 1.82) is 0 Å². The highest BCUT2D eigenvalue weighted by Crippen LogP contribution is 2.37. The molecular formula is C27H27N5O4. The molecule has 3 amide bonds. The number of benzene rings is 2. The summed E-state index contributed by atoms with van der Waals surface area (Å²) in [4.78, 5) is 26.0. The summed E-state index contributed by atoms with van der Waals surface area (Å²) < 4.78 is 13.2. The predicted octanol–water partition coefficient (Wildman–Crippen LogP) is 4.15. The summed E-state index contributed by atoms with van der Waals surface area (Å²) in [5.74, 6) is 1.61. The van der Waals surface area contributed by atoms with Gasteiger partial charge in [-0.15, -0.1) is 5.01 Å². The number of carbonyl (C=O) groups excluding carboxylic acids is 2. The molecule has 2 fully saturated rings. The molecule has 36 heavy (non-hydrogen) atoms. The third-order valence-electron chi connectivity index (χ3n) is 7.16. The lowest BCUT2D eigenvalue weighted by molar-refractivity contribution is -0.132. The van der Waals surface area contributed by atoms with E-state index < -0.39 is 11.6 Å². The van der Waals surface area contributed by atoms with E-state index in [1.54, 1.807) is 4.68 Å². The lowest BCUT2D eigenvalue weighted by Crippen LogP contribution is -2.49. The molecule has 1 N–H and O–H groups in total. The monoisotopic (exact) mass is 485 g/mol. The Bertz CT molecular complexity index is 1340. The first-order chi connectivity index (χ1) is 17.5. The summed E-state index contributed by atoms with van der Waals surface area (Å²) in [5.41, 5.74) is 2.15. The maximum Gasteiger partial charge on any atom is 0.346 e. The van der Waals surface area contributed by atoms with Crippen LogP contribution in [0.5, 0.6) is 11.5 Å². The average molecular weight is 486 g/mol. The number of hydrazone groups is 1. The van der Waals surface area contributed by atoms with E-state index in [-0.39, 0.29) is 5.91 Å². The number of para-hydroxylation sites is 1. The van der Waals surface area contributed by atoms with Gasteiger partial charge in [0.15, 0.2) is 11.5 Å². The fourth-order valence-corrected chi connectivity index (χ4v) is 5.03. The molecule has 3 heterocycles. The molecule has 6 rings (SSSR count). The van der Waals surface area contributed by atoms with Crippen LogP contribution in [-0.4, -0.2) is 51.7 Å². The number of nitrogens with zero attached hydrogens (tertiary/aromatic N) is 4. The number of ether oxygens (including phenoxy) is 2. The van der Waals surface area contributed by atoms with Crippen molar-refractivity contribution in [1.82, 2.24) is 20.1 Å². The van der Waals surface area contributed by atoms with Crippen LogP contribution < -0.4 is 14.8 Å². The second-order valence-electron chi connectivity index (χ2n) is 9.63. The van der Waals surface area contributed by atoms with Gasteiger partial charge < -0.3 is 14.8 Å². The second kappa shape index (κ2) is 8.82. The zero-order chi connectivity index (χ0) is 24.7. The summed E-state index contributed by atoms with van der Waals surface area (Å²) in [5, 5.41) is 13.0. The third-order valence-corrected chi connectivity index (χ3v) is 7.16. The summed E-state index contributed by atoms with van der Waals surface area (Å²) >= 11 is 0. The Morgan fingerprint density at radius 2 is 1.81 bits per heavy atom. The van der Waals surface area contributed by atoms with Crippen LogP contribution in [0.15, 0.2) is 59.8 Å². The molecule has 0 atom stereocenters. The van der Waals surface area contributed by atoms with Crippen LogP contribution in [0.2, 0.25) is 0 Å². The van der Waals surface area contributed by atoms with E-state index in [2.05, 4.69) is 17.3 Å². The molecule has 2 aliphatic heterocycles. The van der Waals surface area contributed by atoms with E-state index in [0.29, 0.717) is 54.7 Å². The zero-order valence-corrected chi connectivity index (χ0v) is 20.0. The number of hydrogen-bond donors (Lipinski definition) is 1. The van der Waals surface area contributed by atoms with Crippen LogP contribution in [0.25, 0.3) is 16.9 Å². The molecule has 1 saturated heterocycles. The smallest absolute Gasteiger partial charge is 0.346 e. The van der Waals surface area contributed by atoms with Gasteiger partial charge in [0.1, 0.15) is 24.4 Å². The average Bonchev–Trinajstić information content (AvgIpc) is 3.43. The predicted molar refractivity (Wildman–Crippen MR) is 133 cm³/mol. The van der Waals surface area contributed by atoms with Crippen LogP contribution in [0.3, 0.4) is 0 Å². The van der Waals surface area contributed by atoms with Gasteiger partial charge in [-0.25, -0.2) is 9.48 Å². The highest BCUT2D eigenvalue weighted by Gasteiger charge is 2.52. The molecule has 1 spiro atoms. The Balaban J connectivity index is 1.35. The van der Waals surface area contributed by atoms with E-state index in [1.807, 2.05) is 54.7 Å². The van der Waals surface area contributed by atoms with Crippen molar-refractivity contribution in [3.8, 4) is 28.4 Å². The number of aromatic nitrogens is 2. The van der Waals surface area contributed by atoms with Crippen molar-refractivity contribution in [2.45, 2.75) is 38.1 Å². The third kappa shape index (κ3) is 3.90. The lowest BCUT2D eigenvalue weighted by Gasteiger charge is -2.33. The van der Waals surface area contributed by atoms with Gasteiger partial charge >= 0.3 is 6.03 Å². The summed E-state index contributed by atoms with van der Waals surface area (Å²) in [6.07, 6.45) is 6.45. The van der Waals surface area contributed by atoms with Gasteiger partial charge in [0.25, 0.3) is 5.91 Å². The van der Waals surface area contributed by atoms with Crippen LogP contribution in [0.4, 0.5) is 4.79 Å². The number of carbonyl (C=O) groups is 2. The maximum absolute atomic E-state index is 13.2. The molecule has 0 radical (unpaired) electrons. The molecule has 9 nitrogen and oxygen atoms in total. The van der Waals surface area contributed by atoms with E-state index in [1.165, 1.54) is 6.21 Å². The van der Waals surface area contributed by atoms with Gasteiger partial charge in [-0.05, 0) is 61.9 Å². The molecule has 9 heteroatoms. The minimum Gasteiger partial charge on any atom is -0.486 e. The first-order valence-corrected chi connectivity index (χ1v) is 12.3. The molecular weight excluding hydrogens is 458 g/mol. The normalized spacial score (nSPS) is 23.5. The van der Waals surface area contributed by atoms with Crippen molar-refractivity contribution in [2.24, 2.45) is 11.0 Å². The van der Waals surface area contributed by atoms with E-state index in [0.717, 1.165) is 29.1 Å². The number of rotatable bonds is 4. The van der Waals surface area contributed by atoms with Crippen molar-refractivity contribution in [3.05, 3.63) is 60.3 Å². The SMILES string of the molecule is CC1CCC2(CC1)NC(=O)N(/N=C/c1cn(-c3ccccc3)nc1-c1ccc3c(c1)OCCO3)C2=O. The highest BCUT2D eigenvalue weighted by molar-refractivity contribution is 6.07. The van der Waals surface area contributed by atoms with Crippen LogP contribution >= 0.6 is 0 Å². The standard InChI is InChI=1S/C27H27N5O4/c1-18-9-11-27(12-10-18)25(33)32(26(34)29-27)28-16-20-17-31(21-5-3-2-4-6-21)30-24(20)19-7-8-22-23(15-19)36-14-13-35-22/h2-8,15-18H,9-14H2,1H3,(H,29,34)/b28-16+. The number of nitrogens with one attached hydrogen (secondary N) is 1. The Morgan fingerprint density at radius 3 is 2.58 bits per heavy atom. The largest absolute Gasteiger partial charge is 0.486 e. The van der Waals surface area contributed by atoms with Crippen molar-refractivity contribution < 1.29 is 19.1 Å². The quantitative estimate of drug-likeness (QED) is 0.442. The minimum absolute atomic E-state index is 0.285. The Hall–Kier alpha value is -4.14. The number of urea groups is 1. The molecule has 0 unspecified atom stereocenters. The van der Waals surface area contributed by atoms with E-state index >= 15 is 0 Å². The first kappa shape index (κ1) is 22.3. The van der Waals surface area contributed by atoms with Gasteiger partial charge in [-0.1, -0.05) is 25.1 Å². The van der Waals surface area contributed by atoms with Crippen molar-refractivity contribution >= 4 is 18.2 Å². The molecule has 2 aromatic carbocycles. The molecule has 1 aliphatic carbocycles. The molecule has 3 aromatic rings. The van der Waals surface area contributed by atoms with Crippen LogP contribution in [0.1, 0.15) is 38.2 Å². The zero-order valence-electron chi connectivity index (χ0n) is 20.0. The number of amides is 3. The number of imide groups is 1. The van der Waals surface area contributed by atoms with Crippen molar-refractivity contribution in [3.63, 3.8) is 0 Å². The fraction of sp³-hybridized carbons (Fsp3) is 0.333. The second-order valence-corrected chi connectivity index (χ2v) is 9.63. The molecule has 0 bridgehead atoms. The van der Waals surface area contributed by atoms with E-state index in [4.69, 9.17) is 14.6 Å². The molecule has 184 valence electrons. The first-order valence-electron chi connectivity index (χ1n) is 12.3. The Kier molecular flexibility index (Phi) is 5.47. The minimum atomic E-state index is -0.839. The van der Waals surface area contributed by atoms with Crippen LogP contribution in [-0.2, 0) is 4.79 Å². The van der Waals surface area contributed by atoms with Gasteiger partial charge in [0.2, 0.25) is 0 Å². The Labute approximate surface area is 208 Å². The number of fused-ring (bicyclic) bond motifs is 1. The fourth-order valence-electron chi connectivity index (χ4n) is 5.03. The summed E-state index contributed by atoms with van der Waals surface area (Å²) in [7, 11) is 0. The maximum atomic E-state index is 13.2.